The summed E-state index contributed by atoms with van der Waals surface area (Å²) in [4.78, 5) is 18.7. The van der Waals surface area contributed by atoms with Gasteiger partial charge in [0, 0.05) is 49.9 Å². The molecule has 0 spiro atoms. The Morgan fingerprint density at radius 2 is 1.85 bits per heavy atom. The first-order valence-electron chi connectivity index (χ1n) is 11.2. The first kappa shape index (κ1) is 22.3. The van der Waals surface area contributed by atoms with E-state index in [0.29, 0.717) is 36.5 Å². The third-order valence-electron chi connectivity index (χ3n) is 6.17. The number of halogens is 1. The van der Waals surface area contributed by atoms with Crippen LogP contribution in [0.2, 0.25) is 0 Å². The monoisotopic (exact) mass is 467 g/mol. The second kappa shape index (κ2) is 9.40. The van der Waals surface area contributed by atoms with Gasteiger partial charge >= 0.3 is 11.8 Å². The first-order chi connectivity index (χ1) is 16.4. The Kier molecular flexibility index (Phi) is 6.16. The van der Waals surface area contributed by atoms with Crippen LogP contribution >= 0.6 is 0 Å². The van der Waals surface area contributed by atoms with Crippen molar-refractivity contribution >= 4 is 5.91 Å². The van der Waals surface area contributed by atoms with E-state index in [4.69, 9.17) is 9.15 Å². The highest BCUT2D eigenvalue weighted by Crippen LogP contribution is 2.25. The summed E-state index contributed by atoms with van der Waals surface area (Å²) in [6.45, 7) is 5.11. The van der Waals surface area contributed by atoms with Crippen LogP contribution in [0, 0.1) is 5.82 Å². The maximum Gasteiger partial charge on any atom is 0.311 e. The molecule has 2 aliphatic rings. The predicted molar refractivity (Wildman–Crippen MR) is 121 cm³/mol. The molecule has 2 aliphatic heterocycles. The number of likely N-dealkylation sites (N-methyl/N-ethyl adjacent to an activating group) is 1. The van der Waals surface area contributed by atoms with E-state index in [1.54, 1.807) is 24.3 Å². The number of hydrogen-bond donors (Lipinski definition) is 1. The number of hydrogen-bond acceptors (Lipinski definition) is 8. The minimum absolute atomic E-state index is 0.110. The molecule has 10 heteroatoms. The molecule has 178 valence electrons. The quantitative estimate of drug-likeness (QED) is 0.590. The van der Waals surface area contributed by atoms with Gasteiger partial charge in [-0.2, -0.15) is 0 Å². The average Bonchev–Trinajstić information content (AvgIpc) is 3.29. The molecule has 2 fully saturated rings. The van der Waals surface area contributed by atoms with Crippen molar-refractivity contribution in [2.24, 2.45) is 0 Å². The van der Waals surface area contributed by atoms with E-state index in [2.05, 4.69) is 27.0 Å². The number of rotatable bonds is 6. The van der Waals surface area contributed by atoms with Gasteiger partial charge < -0.3 is 24.1 Å². The average molecular weight is 468 g/mol. The third-order valence-corrected chi connectivity index (χ3v) is 6.17. The fourth-order valence-electron chi connectivity index (χ4n) is 4.01. The zero-order valence-electron chi connectivity index (χ0n) is 18.9. The second-order valence-corrected chi connectivity index (χ2v) is 8.74. The Morgan fingerprint density at radius 1 is 1.12 bits per heavy atom. The van der Waals surface area contributed by atoms with E-state index in [0.717, 1.165) is 26.2 Å². The van der Waals surface area contributed by atoms with E-state index in [1.165, 1.54) is 23.1 Å². The summed E-state index contributed by atoms with van der Waals surface area (Å²) in [5.74, 6) is -0.00750. The van der Waals surface area contributed by atoms with Crippen molar-refractivity contribution in [3.8, 4) is 23.0 Å². The number of aromatic hydroxyl groups is 1. The van der Waals surface area contributed by atoms with Gasteiger partial charge in [-0.25, -0.2) is 4.39 Å². The number of benzene rings is 2. The van der Waals surface area contributed by atoms with Crippen LogP contribution in [-0.4, -0.2) is 88.3 Å². The maximum absolute atomic E-state index is 14.6. The van der Waals surface area contributed by atoms with Crippen molar-refractivity contribution in [2.75, 3.05) is 46.3 Å². The maximum atomic E-state index is 14.6. The topological polar surface area (TPSA) is 95.2 Å². The lowest BCUT2D eigenvalue weighted by atomic mass is 10.1. The molecule has 5 rings (SSSR count). The number of amides is 1. The summed E-state index contributed by atoms with van der Waals surface area (Å²) in [5, 5.41) is 17.1. The number of phenols is 1. The van der Waals surface area contributed by atoms with Crippen molar-refractivity contribution < 1.29 is 23.4 Å². The van der Waals surface area contributed by atoms with Crippen molar-refractivity contribution in [3.63, 3.8) is 0 Å². The fraction of sp³-hybridized carbons (Fsp3) is 0.375. The molecule has 0 aliphatic carbocycles. The SMILES string of the molecule is CN1CCN(Cc2ccc(OC3CN(C(=O)c4nnc(-c5ccc(O)cc5)o4)C3)cc2F)CC1. The van der Waals surface area contributed by atoms with E-state index >= 15 is 0 Å². The molecule has 1 N–H and O–H groups in total. The number of piperazine rings is 1. The van der Waals surface area contributed by atoms with Gasteiger partial charge in [-0.1, -0.05) is 6.07 Å². The van der Waals surface area contributed by atoms with Gasteiger partial charge in [0.1, 0.15) is 23.4 Å². The molecule has 2 saturated heterocycles. The number of nitrogens with zero attached hydrogens (tertiary/aromatic N) is 5. The molecule has 0 unspecified atom stereocenters. The van der Waals surface area contributed by atoms with E-state index < -0.39 is 0 Å². The number of aromatic nitrogens is 2. The summed E-state index contributed by atoms with van der Waals surface area (Å²) in [5.41, 5.74) is 1.26. The van der Waals surface area contributed by atoms with Crippen molar-refractivity contribution in [1.82, 2.24) is 24.9 Å². The molecule has 34 heavy (non-hydrogen) atoms. The Morgan fingerprint density at radius 3 is 2.56 bits per heavy atom. The lowest BCUT2D eigenvalue weighted by Crippen LogP contribution is -2.56. The highest BCUT2D eigenvalue weighted by atomic mass is 19.1. The summed E-state index contributed by atoms with van der Waals surface area (Å²) in [7, 11) is 2.09. The van der Waals surface area contributed by atoms with E-state index in [9.17, 15) is 14.3 Å². The Bertz CT molecular complexity index is 1150. The molecular formula is C24H26FN5O4. The fourth-order valence-corrected chi connectivity index (χ4v) is 4.01. The minimum Gasteiger partial charge on any atom is -0.508 e. The largest absolute Gasteiger partial charge is 0.508 e. The molecule has 2 aromatic carbocycles. The minimum atomic E-state index is -0.383. The molecule has 0 saturated carbocycles. The summed E-state index contributed by atoms with van der Waals surface area (Å²) in [6.07, 6.45) is -0.230. The summed E-state index contributed by atoms with van der Waals surface area (Å²) in [6, 6.07) is 11.2. The molecule has 9 nitrogen and oxygen atoms in total. The number of likely N-dealkylation sites (tertiary alicyclic amines) is 1. The van der Waals surface area contributed by atoms with Gasteiger partial charge in [0.25, 0.3) is 0 Å². The standard InChI is InChI=1S/C24H26FN5O4/c1-28-8-10-29(11-9-28)13-17-4-7-19(12-21(17)25)33-20-14-30(15-20)24(32)23-27-26-22(34-23)16-2-5-18(31)6-3-16/h2-7,12,20,31H,8-11,13-15H2,1H3. The molecule has 3 heterocycles. The zero-order valence-corrected chi connectivity index (χ0v) is 18.9. The zero-order chi connectivity index (χ0) is 23.7. The van der Waals surface area contributed by atoms with Crippen LogP contribution < -0.4 is 4.74 Å². The van der Waals surface area contributed by atoms with Crippen molar-refractivity contribution in [1.29, 1.82) is 0 Å². The van der Waals surface area contributed by atoms with Crippen LogP contribution in [0.25, 0.3) is 11.5 Å². The van der Waals surface area contributed by atoms with Gasteiger partial charge in [-0.15, -0.1) is 10.2 Å². The summed E-state index contributed by atoms with van der Waals surface area (Å²) >= 11 is 0. The van der Waals surface area contributed by atoms with Gasteiger partial charge in [0.2, 0.25) is 5.89 Å². The Hall–Kier alpha value is -3.50. The lowest BCUT2D eigenvalue weighted by molar-refractivity contribution is 0.0148. The lowest BCUT2D eigenvalue weighted by Gasteiger charge is -2.38. The molecule has 1 amide bonds. The van der Waals surface area contributed by atoms with Gasteiger partial charge in [-0.05, 0) is 37.4 Å². The molecule has 0 bridgehead atoms. The normalized spacial score (nSPS) is 17.5. The van der Waals surface area contributed by atoms with E-state index in [1.807, 2.05) is 0 Å². The first-order valence-corrected chi connectivity index (χ1v) is 11.2. The van der Waals surface area contributed by atoms with Crippen LogP contribution in [0.4, 0.5) is 4.39 Å². The number of carbonyl (C=O) groups is 1. The Labute approximate surface area is 196 Å². The predicted octanol–water partition coefficient (Wildman–Crippen LogP) is 2.23. The van der Waals surface area contributed by atoms with Crippen molar-refractivity contribution in [3.05, 3.63) is 59.7 Å². The Balaban J connectivity index is 1.13. The van der Waals surface area contributed by atoms with Crippen LogP contribution in [0.1, 0.15) is 16.2 Å². The van der Waals surface area contributed by atoms with Crippen LogP contribution in [-0.2, 0) is 6.54 Å². The van der Waals surface area contributed by atoms with Crippen LogP contribution in [0.5, 0.6) is 11.5 Å². The summed E-state index contributed by atoms with van der Waals surface area (Å²) < 4.78 is 26.0. The number of carbonyl (C=O) groups excluding carboxylic acids is 1. The van der Waals surface area contributed by atoms with Gasteiger partial charge in [-0.3, -0.25) is 9.69 Å². The van der Waals surface area contributed by atoms with Gasteiger partial charge in [0.15, 0.2) is 0 Å². The highest BCUT2D eigenvalue weighted by molar-refractivity contribution is 5.90. The molecule has 0 radical (unpaired) electrons. The van der Waals surface area contributed by atoms with Crippen LogP contribution in [0.15, 0.2) is 46.9 Å². The smallest absolute Gasteiger partial charge is 0.311 e. The molecule has 1 aromatic heterocycles. The third kappa shape index (κ3) is 4.87. The number of ether oxygens (including phenoxy) is 1. The molecule has 0 atom stereocenters. The van der Waals surface area contributed by atoms with Gasteiger partial charge in [0.05, 0.1) is 13.1 Å². The number of phenolic OH excluding ortho intramolecular Hbond substituents is 1. The van der Waals surface area contributed by atoms with Crippen molar-refractivity contribution in [2.45, 2.75) is 12.6 Å². The highest BCUT2D eigenvalue weighted by Gasteiger charge is 2.35. The molecular weight excluding hydrogens is 441 g/mol. The van der Waals surface area contributed by atoms with E-state index in [-0.39, 0.29) is 35.4 Å². The van der Waals surface area contributed by atoms with Crippen LogP contribution in [0.3, 0.4) is 0 Å². The molecule has 3 aromatic rings. The second-order valence-electron chi connectivity index (χ2n) is 8.74.